The fourth-order valence-corrected chi connectivity index (χ4v) is 2.57. The van der Waals surface area contributed by atoms with Crippen LogP contribution in [0.15, 0.2) is 36.4 Å². The van der Waals surface area contributed by atoms with Gasteiger partial charge in [-0.15, -0.1) is 0 Å². The number of nitrogens with zero attached hydrogens (tertiary/aromatic N) is 2. The Bertz CT molecular complexity index is 953. The lowest BCUT2D eigenvalue weighted by atomic mass is 10.2. The first-order valence-corrected chi connectivity index (χ1v) is 7.31. The Kier molecular flexibility index (Phi) is 4.30. The lowest BCUT2D eigenvalue weighted by Gasteiger charge is -2.13. The summed E-state index contributed by atoms with van der Waals surface area (Å²) in [6, 6.07) is 8.37. The lowest BCUT2D eigenvalue weighted by Crippen LogP contribution is -2.02. The number of aromatic nitrogens is 3. The van der Waals surface area contributed by atoms with Crippen molar-refractivity contribution in [2.45, 2.75) is 0 Å². The van der Waals surface area contributed by atoms with Crippen molar-refractivity contribution in [2.24, 2.45) is 0 Å². The van der Waals surface area contributed by atoms with Gasteiger partial charge in [-0.05, 0) is 36.5 Å². The minimum Gasteiger partial charge on any atom is -0.497 e. The molecule has 0 aliphatic heterocycles. The van der Waals surface area contributed by atoms with Crippen LogP contribution in [0.4, 0.5) is 8.78 Å². The molecule has 0 aliphatic rings. The highest BCUT2D eigenvalue weighted by Crippen LogP contribution is 2.32. The molecule has 1 N–H and O–H groups in total. The summed E-state index contributed by atoms with van der Waals surface area (Å²) < 4.78 is 39.7. The number of aromatic amines is 1. The Labute approximate surface area is 141 Å². The summed E-state index contributed by atoms with van der Waals surface area (Å²) in [5, 5.41) is 6.69. The third-order valence-corrected chi connectivity index (χ3v) is 3.75. The molecule has 0 aliphatic carbocycles. The molecule has 0 amide bonds. The Balaban J connectivity index is 2.27. The van der Waals surface area contributed by atoms with E-state index in [1.54, 1.807) is 18.2 Å². The van der Waals surface area contributed by atoms with E-state index in [2.05, 4.69) is 10.2 Å². The summed E-state index contributed by atoms with van der Waals surface area (Å²) in [7, 11) is 3.04. The summed E-state index contributed by atoms with van der Waals surface area (Å²) in [6.45, 7) is 0. The van der Waals surface area contributed by atoms with Crippen LogP contribution in [0.3, 0.4) is 0 Å². The van der Waals surface area contributed by atoms with E-state index in [1.165, 1.54) is 24.9 Å². The van der Waals surface area contributed by atoms with Crippen LogP contribution in [-0.2, 0) is 0 Å². The molecule has 0 radical (unpaired) electrons. The first-order chi connectivity index (χ1) is 11.5. The molecule has 5 nitrogen and oxygen atoms in total. The molecule has 124 valence electrons. The van der Waals surface area contributed by atoms with Crippen molar-refractivity contribution in [3.05, 3.63) is 52.8 Å². The Morgan fingerprint density at radius 1 is 1.08 bits per heavy atom. The van der Waals surface area contributed by atoms with Crippen molar-refractivity contribution in [3.63, 3.8) is 0 Å². The second-order valence-electron chi connectivity index (χ2n) is 4.85. The van der Waals surface area contributed by atoms with E-state index in [-0.39, 0.29) is 16.2 Å². The molecule has 0 atom stereocenters. The molecule has 8 heteroatoms. The minimum absolute atomic E-state index is 0.105. The first-order valence-electron chi connectivity index (χ1n) is 6.90. The van der Waals surface area contributed by atoms with E-state index in [9.17, 15) is 8.78 Å². The first kappa shape index (κ1) is 16.1. The zero-order chi connectivity index (χ0) is 17.3. The monoisotopic (exact) mass is 349 g/mol. The summed E-state index contributed by atoms with van der Waals surface area (Å²) >= 11 is 5.26. The summed E-state index contributed by atoms with van der Waals surface area (Å²) in [4.78, 5) is 0. The summed E-state index contributed by atoms with van der Waals surface area (Å²) in [5.41, 5.74) is 0.628. The summed E-state index contributed by atoms with van der Waals surface area (Å²) in [5.74, 6) is -0.149. The fraction of sp³-hybridized carbons (Fsp3) is 0.125. The largest absolute Gasteiger partial charge is 0.497 e. The van der Waals surface area contributed by atoms with E-state index in [0.29, 0.717) is 17.2 Å². The Morgan fingerprint density at radius 3 is 2.54 bits per heavy atom. The molecule has 3 rings (SSSR count). The van der Waals surface area contributed by atoms with Crippen LogP contribution < -0.4 is 9.47 Å². The van der Waals surface area contributed by atoms with Gasteiger partial charge in [-0.1, -0.05) is 0 Å². The molecular formula is C16H13F2N3O2S. The summed E-state index contributed by atoms with van der Waals surface area (Å²) in [6.07, 6.45) is 0. The third kappa shape index (κ3) is 2.76. The third-order valence-electron chi connectivity index (χ3n) is 3.47. The second kappa shape index (κ2) is 6.40. The zero-order valence-corrected chi connectivity index (χ0v) is 13.7. The van der Waals surface area contributed by atoms with Crippen molar-refractivity contribution in [1.82, 2.24) is 14.8 Å². The van der Waals surface area contributed by atoms with Crippen LogP contribution >= 0.6 is 12.2 Å². The van der Waals surface area contributed by atoms with Crippen LogP contribution in [0.25, 0.3) is 17.1 Å². The van der Waals surface area contributed by atoms with Gasteiger partial charge in [0.25, 0.3) is 0 Å². The zero-order valence-electron chi connectivity index (χ0n) is 12.8. The maximum atomic E-state index is 14.2. The number of nitrogens with one attached hydrogen (secondary N) is 1. The van der Waals surface area contributed by atoms with E-state index in [4.69, 9.17) is 21.7 Å². The maximum absolute atomic E-state index is 14.2. The molecule has 0 spiro atoms. The van der Waals surface area contributed by atoms with Gasteiger partial charge in [0, 0.05) is 12.1 Å². The Morgan fingerprint density at radius 2 is 1.88 bits per heavy atom. The van der Waals surface area contributed by atoms with Crippen LogP contribution in [0.2, 0.25) is 0 Å². The molecule has 1 aromatic heterocycles. The molecule has 0 fully saturated rings. The predicted octanol–water partition coefficient (Wildman–Crippen LogP) is 3.89. The minimum atomic E-state index is -0.743. The predicted molar refractivity (Wildman–Crippen MR) is 87.2 cm³/mol. The van der Waals surface area contributed by atoms with Gasteiger partial charge < -0.3 is 9.47 Å². The molecular weight excluding hydrogens is 336 g/mol. The average molecular weight is 349 g/mol. The molecule has 1 heterocycles. The molecule has 0 bridgehead atoms. The molecule has 24 heavy (non-hydrogen) atoms. The van der Waals surface area contributed by atoms with E-state index in [0.717, 1.165) is 12.1 Å². The normalized spacial score (nSPS) is 10.7. The van der Waals surface area contributed by atoms with Crippen molar-refractivity contribution < 1.29 is 18.3 Å². The van der Waals surface area contributed by atoms with Crippen LogP contribution in [0.5, 0.6) is 11.5 Å². The highest BCUT2D eigenvalue weighted by molar-refractivity contribution is 7.71. The number of benzene rings is 2. The molecule has 0 saturated carbocycles. The quantitative estimate of drug-likeness (QED) is 0.726. The number of hydrogen-bond acceptors (Lipinski definition) is 4. The van der Waals surface area contributed by atoms with E-state index in [1.807, 2.05) is 0 Å². The molecule has 0 saturated heterocycles. The van der Waals surface area contributed by atoms with Gasteiger partial charge in [0.15, 0.2) is 10.6 Å². The fourth-order valence-electron chi connectivity index (χ4n) is 2.34. The van der Waals surface area contributed by atoms with Gasteiger partial charge in [0.05, 0.1) is 25.5 Å². The van der Waals surface area contributed by atoms with Crippen molar-refractivity contribution in [1.29, 1.82) is 0 Å². The number of halogens is 2. The van der Waals surface area contributed by atoms with Crippen molar-refractivity contribution >= 4 is 12.2 Å². The smallest absolute Gasteiger partial charge is 0.200 e. The Hall–Kier alpha value is -2.74. The molecule has 3 aromatic rings. The van der Waals surface area contributed by atoms with Crippen LogP contribution in [0, 0.1) is 16.4 Å². The maximum Gasteiger partial charge on any atom is 0.200 e. The van der Waals surface area contributed by atoms with E-state index < -0.39 is 11.6 Å². The van der Waals surface area contributed by atoms with Gasteiger partial charge in [0.1, 0.15) is 23.1 Å². The topological polar surface area (TPSA) is 52.1 Å². The number of ether oxygens (including phenoxy) is 2. The lowest BCUT2D eigenvalue weighted by molar-refractivity contribution is 0.401. The molecule has 0 unspecified atom stereocenters. The van der Waals surface area contributed by atoms with Gasteiger partial charge in [-0.2, -0.15) is 5.10 Å². The number of methoxy groups -OCH3 is 2. The van der Waals surface area contributed by atoms with Gasteiger partial charge in [0.2, 0.25) is 0 Å². The van der Waals surface area contributed by atoms with Gasteiger partial charge in [-0.25, -0.2) is 8.78 Å². The SMILES string of the molecule is COc1ccc(OC)c(-n2c(-c3ccc(F)cc3F)n[nH]c2=S)c1. The van der Waals surface area contributed by atoms with Crippen LogP contribution in [0.1, 0.15) is 0 Å². The number of H-pyrrole nitrogens is 1. The van der Waals surface area contributed by atoms with Gasteiger partial charge in [-0.3, -0.25) is 9.67 Å². The highest BCUT2D eigenvalue weighted by atomic mass is 32.1. The van der Waals surface area contributed by atoms with Crippen molar-refractivity contribution in [2.75, 3.05) is 14.2 Å². The van der Waals surface area contributed by atoms with Crippen molar-refractivity contribution in [3.8, 4) is 28.6 Å². The van der Waals surface area contributed by atoms with E-state index >= 15 is 0 Å². The standard InChI is InChI=1S/C16H13F2N3O2S/c1-22-10-4-6-14(23-2)13(8-10)21-15(19-20-16(21)24)11-5-3-9(17)7-12(11)18/h3-8H,1-2H3,(H,20,24). The number of hydrogen-bond donors (Lipinski definition) is 1. The number of rotatable bonds is 4. The average Bonchev–Trinajstić information content (AvgIpc) is 2.95. The van der Waals surface area contributed by atoms with Crippen LogP contribution in [-0.4, -0.2) is 29.0 Å². The second-order valence-corrected chi connectivity index (χ2v) is 5.24. The van der Waals surface area contributed by atoms with Gasteiger partial charge >= 0.3 is 0 Å². The molecule has 2 aromatic carbocycles. The highest BCUT2D eigenvalue weighted by Gasteiger charge is 2.18.